The summed E-state index contributed by atoms with van der Waals surface area (Å²) in [6, 6.07) is 0.501. The largest absolute Gasteiger partial charge is 0.387 e. The van der Waals surface area contributed by atoms with Gasteiger partial charge in [-0.15, -0.1) is 0 Å². The lowest BCUT2D eigenvalue weighted by Gasteiger charge is -2.13. The Kier molecular flexibility index (Phi) is 4.64. The molecule has 2 unspecified atom stereocenters. The van der Waals surface area contributed by atoms with Crippen molar-refractivity contribution in [2.45, 2.75) is 50.3 Å². The summed E-state index contributed by atoms with van der Waals surface area (Å²) >= 11 is 1.94. The number of nitrogens with two attached hydrogens (primary N) is 1. The summed E-state index contributed by atoms with van der Waals surface area (Å²) in [5, 5.41) is 0.718. The Morgan fingerprint density at radius 3 is 2.92 bits per heavy atom. The van der Waals surface area contributed by atoms with Gasteiger partial charge in [0, 0.05) is 11.7 Å². The first kappa shape index (κ1) is 10.9. The van der Waals surface area contributed by atoms with E-state index in [1.165, 1.54) is 19.3 Å². The molecule has 0 aromatic carbocycles. The fraction of sp³-hybridized carbons (Fsp3) is 0.900. The lowest BCUT2D eigenvalue weighted by atomic mass is 10.2. The van der Waals surface area contributed by atoms with Crippen molar-refractivity contribution in [3.8, 4) is 0 Å². The molecule has 1 aliphatic rings. The Hall–Kier alpha value is -0.180. The first-order valence-corrected chi connectivity index (χ1v) is 6.41. The fourth-order valence-electron chi connectivity index (χ4n) is 1.86. The molecule has 0 saturated heterocycles. The highest BCUT2D eigenvalue weighted by Gasteiger charge is 2.25. The molecule has 1 aliphatic carbocycles. The van der Waals surface area contributed by atoms with Crippen LogP contribution in [0.4, 0.5) is 0 Å². The van der Waals surface area contributed by atoms with Gasteiger partial charge in [0.2, 0.25) is 0 Å². The van der Waals surface area contributed by atoms with Crippen molar-refractivity contribution in [2.24, 2.45) is 10.7 Å². The summed E-state index contributed by atoms with van der Waals surface area (Å²) in [4.78, 5) is 4.59. The molecular weight excluding hydrogens is 180 g/mol. The van der Waals surface area contributed by atoms with Crippen LogP contribution in [0.1, 0.15) is 39.0 Å². The Bertz CT molecular complexity index is 180. The molecule has 0 aromatic rings. The van der Waals surface area contributed by atoms with E-state index in [0.717, 1.165) is 23.9 Å². The second-order valence-electron chi connectivity index (χ2n) is 3.64. The van der Waals surface area contributed by atoms with Crippen molar-refractivity contribution in [1.29, 1.82) is 0 Å². The Morgan fingerprint density at radius 2 is 2.31 bits per heavy atom. The van der Waals surface area contributed by atoms with Crippen LogP contribution in [0, 0.1) is 0 Å². The van der Waals surface area contributed by atoms with Gasteiger partial charge in [0.15, 0.2) is 0 Å². The summed E-state index contributed by atoms with van der Waals surface area (Å²) in [5.41, 5.74) is 5.82. The second-order valence-corrected chi connectivity index (χ2v) is 4.72. The first-order chi connectivity index (χ1) is 6.27. The van der Waals surface area contributed by atoms with Gasteiger partial charge in [-0.3, -0.25) is 4.99 Å². The Labute approximate surface area is 85.4 Å². The second kappa shape index (κ2) is 5.53. The topological polar surface area (TPSA) is 38.4 Å². The minimum atomic E-state index is 0.501. The summed E-state index contributed by atoms with van der Waals surface area (Å²) in [5.74, 6) is 0.855. The van der Waals surface area contributed by atoms with Crippen molar-refractivity contribution in [2.75, 3.05) is 6.26 Å². The minimum absolute atomic E-state index is 0.501. The molecule has 0 bridgehead atoms. The zero-order valence-electron chi connectivity index (χ0n) is 8.62. The Balaban J connectivity index is 2.46. The van der Waals surface area contributed by atoms with Crippen LogP contribution in [0.2, 0.25) is 0 Å². The zero-order chi connectivity index (χ0) is 9.68. The van der Waals surface area contributed by atoms with E-state index in [2.05, 4.69) is 18.2 Å². The lowest BCUT2D eigenvalue weighted by molar-refractivity contribution is 0.713. The van der Waals surface area contributed by atoms with Crippen LogP contribution in [-0.4, -0.2) is 23.4 Å². The maximum absolute atomic E-state index is 5.82. The van der Waals surface area contributed by atoms with Crippen LogP contribution in [0.3, 0.4) is 0 Å². The molecule has 1 saturated carbocycles. The molecule has 0 radical (unpaired) electrons. The van der Waals surface area contributed by atoms with Gasteiger partial charge in [0.1, 0.15) is 0 Å². The van der Waals surface area contributed by atoms with Crippen LogP contribution < -0.4 is 5.73 Å². The van der Waals surface area contributed by atoms with E-state index >= 15 is 0 Å². The predicted octanol–water partition coefficient (Wildman–Crippen LogP) is 2.43. The van der Waals surface area contributed by atoms with Crippen molar-refractivity contribution in [3.05, 3.63) is 0 Å². The van der Waals surface area contributed by atoms with Crippen LogP contribution >= 0.6 is 11.8 Å². The molecule has 0 spiro atoms. The highest BCUT2D eigenvalue weighted by molar-refractivity contribution is 7.99. The van der Waals surface area contributed by atoms with Crippen molar-refractivity contribution < 1.29 is 0 Å². The van der Waals surface area contributed by atoms with E-state index in [0.29, 0.717) is 6.04 Å². The predicted molar refractivity (Wildman–Crippen MR) is 61.5 cm³/mol. The van der Waals surface area contributed by atoms with Gasteiger partial charge in [-0.05, 0) is 25.5 Å². The van der Waals surface area contributed by atoms with Gasteiger partial charge in [0.25, 0.3) is 0 Å². The van der Waals surface area contributed by atoms with E-state index in [1.807, 2.05) is 11.8 Å². The number of amidine groups is 1. The highest BCUT2D eigenvalue weighted by Crippen LogP contribution is 2.30. The maximum atomic E-state index is 5.82. The molecule has 13 heavy (non-hydrogen) atoms. The molecule has 1 fully saturated rings. The standard InChI is InChI=1S/C10H20N2S/c1-3-5-10(11)12-8-6-4-7-9(8)13-2/h8-9H,3-7H2,1-2H3,(H2,11,12). The quantitative estimate of drug-likeness (QED) is 0.559. The summed E-state index contributed by atoms with van der Waals surface area (Å²) in [6.07, 6.45) is 8.10. The van der Waals surface area contributed by atoms with Crippen molar-refractivity contribution in [1.82, 2.24) is 0 Å². The van der Waals surface area contributed by atoms with Gasteiger partial charge >= 0.3 is 0 Å². The first-order valence-electron chi connectivity index (χ1n) is 5.12. The van der Waals surface area contributed by atoms with Crippen LogP contribution in [0.5, 0.6) is 0 Å². The van der Waals surface area contributed by atoms with E-state index in [9.17, 15) is 0 Å². The summed E-state index contributed by atoms with van der Waals surface area (Å²) in [6.45, 7) is 2.14. The summed E-state index contributed by atoms with van der Waals surface area (Å²) in [7, 11) is 0. The number of hydrogen-bond acceptors (Lipinski definition) is 2. The van der Waals surface area contributed by atoms with E-state index in [1.54, 1.807) is 0 Å². The molecule has 3 heteroatoms. The monoisotopic (exact) mass is 200 g/mol. The number of hydrogen-bond donors (Lipinski definition) is 1. The van der Waals surface area contributed by atoms with Gasteiger partial charge in [0.05, 0.1) is 11.9 Å². The van der Waals surface area contributed by atoms with Gasteiger partial charge in [-0.25, -0.2) is 0 Å². The van der Waals surface area contributed by atoms with Gasteiger partial charge < -0.3 is 5.73 Å². The smallest absolute Gasteiger partial charge is 0.0940 e. The van der Waals surface area contributed by atoms with Crippen molar-refractivity contribution in [3.63, 3.8) is 0 Å². The Morgan fingerprint density at radius 1 is 1.54 bits per heavy atom. The van der Waals surface area contributed by atoms with E-state index in [4.69, 9.17) is 5.73 Å². The molecule has 0 aliphatic heterocycles. The molecule has 2 atom stereocenters. The molecule has 1 rings (SSSR count). The molecule has 0 amide bonds. The van der Waals surface area contributed by atoms with Crippen LogP contribution in [0.15, 0.2) is 4.99 Å². The molecule has 2 nitrogen and oxygen atoms in total. The number of nitrogens with zero attached hydrogens (tertiary/aromatic N) is 1. The third-order valence-corrected chi connectivity index (χ3v) is 3.71. The van der Waals surface area contributed by atoms with Crippen LogP contribution in [0.25, 0.3) is 0 Å². The number of aliphatic imine (C=N–C) groups is 1. The zero-order valence-corrected chi connectivity index (χ0v) is 9.44. The molecule has 0 heterocycles. The van der Waals surface area contributed by atoms with Crippen molar-refractivity contribution >= 4 is 17.6 Å². The highest BCUT2D eigenvalue weighted by atomic mass is 32.2. The minimum Gasteiger partial charge on any atom is -0.387 e. The summed E-state index contributed by atoms with van der Waals surface area (Å²) < 4.78 is 0. The molecule has 76 valence electrons. The molecule has 0 aromatic heterocycles. The van der Waals surface area contributed by atoms with E-state index in [-0.39, 0.29) is 0 Å². The third kappa shape index (κ3) is 3.22. The lowest BCUT2D eigenvalue weighted by Crippen LogP contribution is -2.20. The average molecular weight is 200 g/mol. The van der Waals surface area contributed by atoms with E-state index < -0.39 is 0 Å². The molecule has 2 N–H and O–H groups in total. The van der Waals surface area contributed by atoms with Gasteiger partial charge in [-0.1, -0.05) is 13.3 Å². The SMILES string of the molecule is CCCC(N)=NC1CCCC1SC. The number of thioether (sulfide) groups is 1. The maximum Gasteiger partial charge on any atom is 0.0940 e. The van der Waals surface area contributed by atoms with Crippen LogP contribution in [-0.2, 0) is 0 Å². The number of rotatable bonds is 4. The normalized spacial score (nSPS) is 29.5. The third-order valence-electron chi connectivity index (χ3n) is 2.56. The fourth-order valence-corrected chi connectivity index (χ4v) is 2.78. The van der Waals surface area contributed by atoms with Gasteiger partial charge in [-0.2, -0.15) is 11.8 Å². The average Bonchev–Trinajstić information content (AvgIpc) is 2.52. The molecular formula is C10H20N2S.